The average Bonchev–Trinajstić information content (AvgIpc) is 3.33. The Hall–Kier alpha value is -3.32. The first-order valence-electron chi connectivity index (χ1n) is 11.1. The van der Waals surface area contributed by atoms with E-state index in [-0.39, 0.29) is 10.8 Å². The van der Waals surface area contributed by atoms with Gasteiger partial charge in [-0.1, -0.05) is 30.3 Å². The Morgan fingerprint density at radius 1 is 0.939 bits per heavy atom. The van der Waals surface area contributed by atoms with Crippen molar-refractivity contribution in [2.45, 2.75) is 38.1 Å². The lowest BCUT2D eigenvalue weighted by Gasteiger charge is -2.17. The number of rotatable bonds is 7. The van der Waals surface area contributed by atoms with Crippen molar-refractivity contribution >= 4 is 27.3 Å². The highest BCUT2D eigenvalue weighted by Crippen LogP contribution is 2.22. The Labute approximate surface area is 195 Å². The highest BCUT2D eigenvalue weighted by atomic mass is 32.2. The van der Waals surface area contributed by atoms with Crippen LogP contribution in [-0.4, -0.2) is 27.4 Å². The molecule has 0 saturated carbocycles. The molecule has 0 aliphatic carbocycles. The van der Waals surface area contributed by atoms with Crippen LogP contribution >= 0.6 is 0 Å². The van der Waals surface area contributed by atoms with E-state index < -0.39 is 10.0 Å². The normalized spacial score (nSPS) is 13.7. The summed E-state index contributed by atoms with van der Waals surface area (Å²) in [6.45, 7) is 6.17. The van der Waals surface area contributed by atoms with Crippen LogP contribution in [-0.2, 0) is 16.6 Å². The quantitative estimate of drug-likeness (QED) is 0.535. The van der Waals surface area contributed by atoms with E-state index in [4.69, 9.17) is 0 Å². The molecule has 1 aliphatic rings. The van der Waals surface area contributed by atoms with Crippen LogP contribution in [0.1, 0.15) is 39.9 Å². The van der Waals surface area contributed by atoms with Crippen molar-refractivity contribution in [3.8, 4) is 0 Å². The van der Waals surface area contributed by atoms with Crippen molar-refractivity contribution in [1.82, 2.24) is 5.32 Å². The fraction of sp³-hybridized carbons (Fsp3) is 0.269. The van der Waals surface area contributed by atoms with Gasteiger partial charge in [-0.25, -0.2) is 8.42 Å². The highest BCUT2D eigenvalue weighted by Gasteiger charge is 2.19. The van der Waals surface area contributed by atoms with Gasteiger partial charge in [0.1, 0.15) is 0 Å². The van der Waals surface area contributed by atoms with Crippen LogP contribution in [0, 0.1) is 13.8 Å². The molecule has 1 fully saturated rings. The number of hydrogen-bond donors (Lipinski definition) is 2. The maximum atomic E-state index is 13.0. The number of sulfonamides is 1. The Bertz CT molecular complexity index is 1250. The van der Waals surface area contributed by atoms with Crippen LogP contribution in [0.5, 0.6) is 0 Å². The van der Waals surface area contributed by atoms with Gasteiger partial charge in [0.2, 0.25) is 0 Å². The minimum Gasteiger partial charge on any atom is -0.372 e. The number of amides is 1. The second kappa shape index (κ2) is 9.67. The fourth-order valence-electron chi connectivity index (χ4n) is 4.03. The molecule has 0 spiro atoms. The third-order valence-corrected chi connectivity index (χ3v) is 7.39. The van der Waals surface area contributed by atoms with Crippen molar-refractivity contribution in [3.05, 3.63) is 89.0 Å². The summed E-state index contributed by atoms with van der Waals surface area (Å²) in [7, 11) is -3.83. The molecular formula is C26H29N3O3S. The van der Waals surface area contributed by atoms with Gasteiger partial charge in [0.15, 0.2) is 0 Å². The number of nitrogens with one attached hydrogen (secondary N) is 2. The Morgan fingerprint density at radius 3 is 2.36 bits per heavy atom. The van der Waals surface area contributed by atoms with Gasteiger partial charge >= 0.3 is 0 Å². The van der Waals surface area contributed by atoms with Crippen LogP contribution in [0.3, 0.4) is 0 Å². The minimum absolute atomic E-state index is 0.0895. The smallest absolute Gasteiger partial charge is 0.262 e. The number of benzene rings is 3. The summed E-state index contributed by atoms with van der Waals surface area (Å²) in [5.74, 6) is -0.314. The summed E-state index contributed by atoms with van der Waals surface area (Å²) in [6.07, 6.45) is 2.46. The van der Waals surface area contributed by atoms with Crippen LogP contribution in [0.4, 0.5) is 11.4 Å². The molecule has 172 valence electrons. The summed E-state index contributed by atoms with van der Waals surface area (Å²) in [6, 6.07) is 20.1. The van der Waals surface area contributed by atoms with Crippen LogP contribution in [0.25, 0.3) is 0 Å². The molecule has 0 unspecified atom stereocenters. The van der Waals surface area contributed by atoms with Gasteiger partial charge in [0.05, 0.1) is 4.90 Å². The van der Waals surface area contributed by atoms with E-state index in [0.29, 0.717) is 23.4 Å². The lowest BCUT2D eigenvalue weighted by Crippen LogP contribution is -2.24. The number of hydrogen-bond acceptors (Lipinski definition) is 4. The minimum atomic E-state index is -3.83. The molecule has 33 heavy (non-hydrogen) atoms. The monoisotopic (exact) mass is 463 g/mol. The van der Waals surface area contributed by atoms with Gasteiger partial charge < -0.3 is 10.2 Å². The van der Waals surface area contributed by atoms with Crippen molar-refractivity contribution < 1.29 is 13.2 Å². The van der Waals surface area contributed by atoms with Crippen LogP contribution in [0.2, 0.25) is 0 Å². The number of anilines is 2. The summed E-state index contributed by atoms with van der Waals surface area (Å²) in [4.78, 5) is 15.2. The standard InChI is InChI=1S/C26H29N3O3S/c1-19-6-5-7-23(16-19)28-33(31,32)25-17-22(11-8-20(25)2)26(30)27-18-21-9-12-24(13-10-21)29-14-3-4-15-29/h5-13,16-17,28H,3-4,14-15,18H2,1-2H3,(H,27,30). The van der Waals surface area contributed by atoms with Crippen molar-refractivity contribution in [3.63, 3.8) is 0 Å². The zero-order valence-corrected chi connectivity index (χ0v) is 19.8. The van der Waals surface area contributed by atoms with E-state index in [1.54, 1.807) is 37.3 Å². The molecule has 1 saturated heterocycles. The summed E-state index contributed by atoms with van der Waals surface area (Å²) in [5.41, 5.74) is 4.52. The molecule has 1 aliphatic heterocycles. The summed E-state index contributed by atoms with van der Waals surface area (Å²) >= 11 is 0. The van der Waals surface area contributed by atoms with E-state index in [9.17, 15) is 13.2 Å². The second-order valence-corrected chi connectivity index (χ2v) is 10.1. The second-order valence-electron chi connectivity index (χ2n) is 8.50. The molecule has 1 amide bonds. The zero-order chi connectivity index (χ0) is 23.4. The van der Waals surface area contributed by atoms with Gasteiger partial charge in [-0.2, -0.15) is 0 Å². The number of carbonyl (C=O) groups is 1. The van der Waals surface area contributed by atoms with Crippen LogP contribution in [0.15, 0.2) is 71.6 Å². The van der Waals surface area contributed by atoms with Gasteiger partial charge in [-0.05, 0) is 79.8 Å². The van der Waals surface area contributed by atoms with Crippen molar-refractivity contribution in [2.24, 2.45) is 0 Å². The molecule has 0 bridgehead atoms. The molecular weight excluding hydrogens is 434 g/mol. The van der Waals surface area contributed by atoms with Gasteiger partial charge in [0.25, 0.3) is 15.9 Å². The number of aryl methyl sites for hydroxylation is 2. The third-order valence-electron chi connectivity index (χ3n) is 5.87. The average molecular weight is 464 g/mol. The van der Waals surface area contributed by atoms with Gasteiger partial charge in [-0.3, -0.25) is 9.52 Å². The van der Waals surface area contributed by atoms with E-state index in [2.05, 4.69) is 27.1 Å². The topological polar surface area (TPSA) is 78.5 Å². The zero-order valence-electron chi connectivity index (χ0n) is 19.0. The van der Waals surface area contributed by atoms with Gasteiger partial charge in [-0.15, -0.1) is 0 Å². The lowest BCUT2D eigenvalue weighted by molar-refractivity contribution is 0.0950. The molecule has 3 aromatic carbocycles. The molecule has 0 radical (unpaired) electrons. The first-order valence-corrected chi connectivity index (χ1v) is 12.6. The maximum absolute atomic E-state index is 13.0. The Kier molecular flexibility index (Phi) is 6.70. The molecule has 3 aromatic rings. The fourth-order valence-corrected chi connectivity index (χ4v) is 5.36. The Morgan fingerprint density at radius 2 is 1.67 bits per heavy atom. The predicted octanol–water partition coefficient (Wildman–Crippen LogP) is 4.63. The van der Waals surface area contributed by atoms with Crippen molar-refractivity contribution in [2.75, 3.05) is 22.7 Å². The molecule has 2 N–H and O–H groups in total. The molecule has 7 heteroatoms. The van der Waals surface area contributed by atoms with E-state index in [1.807, 2.05) is 25.1 Å². The highest BCUT2D eigenvalue weighted by molar-refractivity contribution is 7.92. The molecule has 6 nitrogen and oxygen atoms in total. The molecule has 0 atom stereocenters. The first kappa shape index (κ1) is 22.9. The van der Waals surface area contributed by atoms with Crippen LogP contribution < -0.4 is 14.9 Å². The third kappa shape index (κ3) is 5.54. The van der Waals surface area contributed by atoms with Gasteiger partial charge in [0, 0.05) is 36.6 Å². The SMILES string of the molecule is Cc1cccc(NS(=O)(=O)c2cc(C(=O)NCc3ccc(N4CCCC4)cc3)ccc2C)c1. The number of nitrogens with zero attached hydrogens (tertiary/aromatic N) is 1. The lowest BCUT2D eigenvalue weighted by atomic mass is 10.1. The molecule has 4 rings (SSSR count). The van der Waals surface area contributed by atoms with E-state index in [1.165, 1.54) is 24.6 Å². The van der Waals surface area contributed by atoms with E-state index in [0.717, 1.165) is 24.2 Å². The predicted molar refractivity (Wildman–Crippen MR) is 132 cm³/mol. The Balaban J connectivity index is 1.44. The molecule has 0 aromatic heterocycles. The summed E-state index contributed by atoms with van der Waals surface area (Å²) in [5, 5.41) is 2.89. The molecule has 1 heterocycles. The first-order chi connectivity index (χ1) is 15.8. The maximum Gasteiger partial charge on any atom is 0.262 e. The van der Waals surface area contributed by atoms with E-state index >= 15 is 0 Å². The van der Waals surface area contributed by atoms with Crippen molar-refractivity contribution in [1.29, 1.82) is 0 Å². The largest absolute Gasteiger partial charge is 0.372 e. The summed E-state index contributed by atoms with van der Waals surface area (Å²) < 4.78 is 28.6. The number of carbonyl (C=O) groups excluding carboxylic acids is 1.